The molecule has 0 aliphatic heterocycles. The molecule has 3 aromatic rings. The Hall–Kier alpha value is -2.77. The van der Waals surface area contributed by atoms with Crippen molar-refractivity contribution in [2.45, 2.75) is 0 Å². The second-order valence-corrected chi connectivity index (χ2v) is 3.66. The average molecular weight is 231 g/mol. The molecule has 1 amide bonds. The molecular weight excluding hydrogens is 222 g/mol. The fourth-order valence-corrected chi connectivity index (χ4v) is 1.76. The Balaban J connectivity index is 2.45. The first-order chi connectivity index (χ1) is 8.08. The van der Waals surface area contributed by atoms with Crippen LogP contribution < -0.4 is 17.2 Å². The number of primary amides is 1. The third kappa shape index (κ3) is 1.14. The summed E-state index contributed by atoms with van der Waals surface area (Å²) in [6.45, 7) is 0. The van der Waals surface area contributed by atoms with Gasteiger partial charge in [0.1, 0.15) is 5.82 Å². The number of nitrogens with one attached hydrogen (secondary N) is 2. The zero-order valence-corrected chi connectivity index (χ0v) is 8.61. The average Bonchev–Trinajstić information content (AvgIpc) is 2.80. The molecule has 0 radical (unpaired) electrons. The highest BCUT2D eigenvalue weighted by atomic mass is 16.1. The third-order valence-corrected chi connectivity index (χ3v) is 2.60. The van der Waals surface area contributed by atoms with Gasteiger partial charge in [0.05, 0.1) is 11.1 Å². The lowest BCUT2D eigenvalue weighted by molar-refractivity contribution is 0.0997. The van der Waals surface area contributed by atoms with E-state index in [1.165, 1.54) is 0 Å². The minimum Gasteiger partial charge on any atom is -0.396 e. The number of carbonyl (C=O) groups is 1. The zero-order chi connectivity index (χ0) is 12.2. The number of aromatic amines is 2. The van der Waals surface area contributed by atoms with Crippen LogP contribution in [0.5, 0.6) is 0 Å². The molecule has 3 heterocycles. The summed E-state index contributed by atoms with van der Waals surface area (Å²) in [6, 6.07) is 1.72. The number of fused-ring (bicyclic) bond motifs is 2. The van der Waals surface area contributed by atoms with Crippen LogP contribution in [-0.2, 0) is 0 Å². The predicted molar refractivity (Wildman–Crippen MR) is 63.1 cm³/mol. The summed E-state index contributed by atoms with van der Waals surface area (Å²) in [7, 11) is 0. The molecule has 0 aromatic carbocycles. The molecule has 0 unspecified atom stereocenters. The highest BCUT2D eigenvalue weighted by Gasteiger charge is 2.17. The van der Waals surface area contributed by atoms with Gasteiger partial charge in [-0.25, -0.2) is 9.97 Å². The number of rotatable bonds is 1. The molecule has 3 rings (SSSR count). The van der Waals surface area contributed by atoms with Crippen LogP contribution >= 0.6 is 0 Å². The minimum atomic E-state index is -0.677. The highest BCUT2D eigenvalue weighted by Crippen LogP contribution is 2.28. The maximum absolute atomic E-state index is 11.1. The molecule has 8 heteroatoms. The number of hydrogen-bond donors (Lipinski definition) is 5. The smallest absolute Gasteiger partial charge is 0.269 e. The van der Waals surface area contributed by atoms with Gasteiger partial charge in [-0.2, -0.15) is 0 Å². The van der Waals surface area contributed by atoms with Gasteiger partial charge in [-0.1, -0.05) is 0 Å². The Morgan fingerprint density at radius 2 is 1.94 bits per heavy atom. The summed E-state index contributed by atoms with van der Waals surface area (Å²) < 4.78 is 0. The molecule has 8 N–H and O–H groups in total. The maximum atomic E-state index is 11.1. The molecule has 0 fully saturated rings. The first-order valence-electron chi connectivity index (χ1n) is 4.79. The minimum absolute atomic E-state index is 0.0303. The number of nitrogens with zero attached hydrogens (tertiary/aromatic N) is 2. The van der Waals surface area contributed by atoms with E-state index >= 15 is 0 Å². The lowest BCUT2D eigenvalue weighted by Crippen LogP contribution is -2.13. The summed E-state index contributed by atoms with van der Waals surface area (Å²) in [5.74, 6) is -0.237. The summed E-state index contributed by atoms with van der Waals surface area (Å²) in [5, 5.41) is 6.76. The van der Waals surface area contributed by atoms with Crippen molar-refractivity contribution >= 4 is 39.5 Å². The van der Waals surface area contributed by atoms with Gasteiger partial charge in [0.2, 0.25) is 0 Å². The molecule has 0 spiro atoms. The number of H-pyrrole nitrogens is 2. The van der Waals surface area contributed by atoms with Gasteiger partial charge < -0.3 is 17.2 Å². The SMILES string of the molecule is NC(=O)c1nc2nc3[nH][nH]c(N)c3cc2c1N. The molecule has 0 atom stereocenters. The van der Waals surface area contributed by atoms with Crippen LogP contribution in [0.1, 0.15) is 10.5 Å². The van der Waals surface area contributed by atoms with Crippen LogP contribution in [0.3, 0.4) is 0 Å². The molecule has 0 saturated carbocycles. The summed E-state index contributed by atoms with van der Waals surface area (Å²) >= 11 is 0. The second-order valence-electron chi connectivity index (χ2n) is 3.66. The van der Waals surface area contributed by atoms with Crippen molar-refractivity contribution in [1.29, 1.82) is 0 Å². The van der Waals surface area contributed by atoms with Gasteiger partial charge in [-0.3, -0.25) is 15.0 Å². The van der Waals surface area contributed by atoms with Gasteiger partial charge in [0.25, 0.3) is 5.91 Å². The van der Waals surface area contributed by atoms with Crippen LogP contribution in [0, 0.1) is 0 Å². The number of aromatic nitrogens is 4. The molecule has 0 saturated heterocycles. The van der Waals surface area contributed by atoms with Crippen molar-refractivity contribution in [3.8, 4) is 0 Å². The Kier molecular flexibility index (Phi) is 1.60. The van der Waals surface area contributed by atoms with Crippen LogP contribution in [0.25, 0.3) is 22.1 Å². The number of amides is 1. The van der Waals surface area contributed by atoms with Gasteiger partial charge in [-0.15, -0.1) is 0 Å². The summed E-state index contributed by atoms with van der Waals surface area (Å²) in [5.41, 5.74) is 17.8. The maximum Gasteiger partial charge on any atom is 0.269 e. The molecule has 17 heavy (non-hydrogen) atoms. The number of carbonyl (C=O) groups excluding carboxylic acids is 1. The zero-order valence-electron chi connectivity index (χ0n) is 8.61. The fraction of sp³-hybridized carbons (Fsp3) is 0. The molecule has 8 nitrogen and oxygen atoms in total. The first kappa shape index (κ1) is 9.46. The Labute approximate surface area is 94.2 Å². The van der Waals surface area contributed by atoms with E-state index in [4.69, 9.17) is 17.2 Å². The van der Waals surface area contributed by atoms with Gasteiger partial charge in [-0.05, 0) is 6.07 Å². The van der Waals surface area contributed by atoms with Crippen LogP contribution in [0.2, 0.25) is 0 Å². The highest BCUT2D eigenvalue weighted by molar-refractivity contribution is 6.08. The fourth-order valence-electron chi connectivity index (χ4n) is 1.76. The van der Waals surface area contributed by atoms with E-state index in [2.05, 4.69) is 20.2 Å². The van der Waals surface area contributed by atoms with E-state index in [9.17, 15) is 4.79 Å². The van der Waals surface area contributed by atoms with Crippen molar-refractivity contribution < 1.29 is 4.79 Å². The largest absolute Gasteiger partial charge is 0.396 e. The van der Waals surface area contributed by atoms with Crippen molar-refractivity contribution in [1.82, 2.24) is 20.2 Å². The molecule has 0 aliphatic carbocycles. The standard InChI is InChI=1S/C9H9N7O/c10-4-2-1-3-6(11)15-16-9(3)14-8(2)13-5(4)7(12)17/h1H,10H2,(H2,12,17)(H4,11,13,14,15,16). The number of pyridine rings is 1. The molecule has 86 valence electrons. The Morgan fingerprint density at radius 1 is 1.18 bits per heavy atom. The van der Waals surface area contributed by atoms with Gasteiger partial charge >= 0.3 is 0 Å². The normalized spacial score (nSPS) is 11.3. The van der Waals surface area contributed by atoms with Crippen molar-refractivity contribution in [2.24, 2.45) is 5.73 Å². The van der Waals surface area contributed by atoms with Gasteiger partial charge in [0, 0.05) is 5.39 Å². The summed E-state index contributed by atoms with van der Waals surface area (Å²) in [6.07, 6.45) is 0. The monoisotopic (exact) mass is 231 g/mol. The van der Waals surface area contributed by atoms with E-state index in [0.717, 1.165) is 0 Å². The Morgan fingerprint density at radius 3 is 2.65 bits per heavy atom. The van der Waals surface area contributed by atoms with E-state index in [1.54, 1.807) is 6.07 Å². The van der Waals surface area contributed by atoms with Crippen LogP contribution in [0.4, 0.5) is 11.5 Å². The van der Waals surface area contributed by atoms with E-state index < -0.39 is 5.91 Å². The number of anilines is 2. The quantitative estimate of drug-likeness (QED) is 0.389. The van der Waals surface area contributed by atoms with Gasteiger partial charge in [0.15, 0.2) is 17.0 Å². The molecule has 0 aliphatic rings. The molecule has 0 bridgehead atoms. The van der Waals surface area contributed by atoms with Crippen molar-refractivity contribution in [2.75, 3.05) is 11.5 Å². The lowest BCUT2D eigenvalue weighted by atomic mass is 10.2. The van der Waals surface area contributed by atoms with Crippen molar-refractivity contribution in [3.05, 3.63) is 11.8 Å². The Bertz CT molecular complexity index is 753. The number of nitrogens with two attached hydrogens (primary N) is 3. The third-order valence-electron chi connectivity index (χ3n) is 2.60. The van der Waals surface area contributed by atoms with Crippen LogP contribution in [0.15, 0.2) is 6.07 Å². The van der Waals surface area contributed by atoms with E-state index in [1.807, 2.05) is 0 Å². The lowest BCUT2D eigenvalue weighted by Gasteiger charge is -1.93. The summed E-state index contributed by atoms with van der Waals surface area (Å²) in [4.78, 5) is 19.3. The predicted octanol–water partition coefficient (Wildman–Crippen LogP) is -0.298. The topological polar surface area (TPSA) is 152 Å². The van der Waals surface area contributed by atoms with Crippen LogP contribution in [-0.4, -0.2) is 26.1 Å². The first-order valence-corrected chi connectivity index (χ1v) is 4.79. The second kappa shape index (κ2) is 2.88. The van der Waals surface area contributed by atoms with E-state index in [0.29, 0.717) is 27.9 Å². The van der Waals surface area contributed by atoms with Crippen molar-refractivity contribution in [3.63, 3.8) is 0 Å². The number of nitrogen functional groups attached to an aromatic ring is 2. The number of hydrogen-bond acceptors (Lipinski definition) is 5. The molecule has 3 aromatic heterocycles. The molecular formula is C9H9N7O. The van der Waals surface area contributed by atoms with E-state index in [-0.39, 0.29) is 11.4 Å².